The van der Waals surface area contributed by atoms with Gasteiger partial charge >= 0.3 is 0 Å². The lowest BCUT2D eigenvalue weighted by Crippen LogP contribution is -2.27. The summed E-state index contributed by atoms with van der Waals surface area (Å²) in [5.41, 5.74) is 0.884. The van der Waals surface area contributed by atoms with Crippen molar-refractivity contribution < 1.29 is 4.42 Å². The van der Waals surface area contributed by atoms with Crippen LogP contribution in [0.1, 0.15) is 18.6 Å². The number of nitrogens with one attached hydrogen (secondary N) is 2. The topological polar surface area (TPSA) is 53.3 Å². The predicted octanol–water partition coefficient (Wildman–Crippen LogP) is 2.76. The zero-order valence-electron chi connectivity index (χ0n) is 11.7. The Labute approximate surface area is 129 Å². The Morgan fingerprint density at radius 2 is 2.14 bits per heavy atom. The van der Waals surface area contributed by atoms with Crippen LogP contribution in [-0.4, -0.2) is 23.2 Å². The van der Waals surface area contributed by atoms with Crippen molar-refractivity contribution in [3.05, 3.63) is 42.5 Å². The number of hydrogen-bond donors (Lipinski definition) is 2. The van der Waals surface area contributed by atoms with Crippen LogP contribution in [0.25, 0.3) is 0 Å². The molecule has 2 aromatic rings. The lowest BCUT2D eigenvalue weighted by atomic mass is 10.4. The summed E-state index contributed by atoms with van der Waals surface area (Å²) in [5, 5.41) is 6.77. The molecule has 3 heterocycles. The third-order valence-corrected chi connectivity index (χ3v) is 3.69. The fraction of sp³-hybridized carbons (Fsp3) is 0.333. The van der Waals surface area contributed by atoms with Gasteiger partial charge in [-0.2, -0.15) is 0 Å². The van der Waals surface area contributed by atoms with Gasteiger partial charge in [-0.3, -0.25) is 0 Å². The molecule has 1 fully saturated rings. The molecule has 0 radical (unpaired) electrons. The van der Waals surface area contributed by atoms with Crippen molar-refractivity contribution >= 4 is 28.8 Å². The van der Waals surface area contributed by atoms with Crippen LogP contribution in [0.5, 0.6) is 0 Å². The molecule has 110 valence electrons. The minimum absolute atomic E-state index is 0.558. The molecule has 6 heteroatoms. The van der Waals surface area contributed by atoms with Crippen LogP contribution in [-0.2, 0) is 6.54 Å². The molecule has 0 amide bonds. The summed E-state index contributed by atoms with van der Waals surface area (Å²) in [7, 11) is 0. The molecule has 21 heavy (non-hydrogen) atoms. The van der Waals surface area contributed by atoms with E-state index >= 15 is 0 Å². The molecule has 0 saturated carbocycles. The SMILES string of the molecule is S=C(NCc1ccco1)Nc1ccc(N2CCCC2)nc1. The molecule has 2 aromatic heterocycles. The van der Waals surface area contributed by atoms with Crippen LogP contribution in [0.4, 0.5) is 11.5 Å². The first-order valence-corrected chi connectivity index (χ1v) is 7.50. The second-order valence-corrected chi connectivity index (χ2v) is 5.39. The number of aromatic nitrogens is 1. The van der Waals surface area contributed by atoms with Crippen molar-refractivity contribution in [2.24, 2.45) is 0 Å². The number of anilines is 2. The van der Waals surface area contributed by atoms with Gasteiger partial charge < -0.3 is 20.0 Å². The molecule has 0 aromatic carbocycles. The van der Waals surface area contributed by atoms with Gasteiger partial charge in [0.25, 0.3) is 0 Å². The summed E-state index contributed by atoms with van der Waals surface area (Å²) in [6, 6.07) is 7.79. The summed E-state index contributed by atoms with van der Waals surface area (Å²) in [6.45, 7) is 2.77. The molecular weight excluding hydrogens is 284 g/mol. The van der Waals surface area contributed by atoms with Crippen molar-refractivity contribution in [2.45, 2.75) is 19.4 Å². The molecule has 1 saturated heterocycles. The zero-order valence-corrected chi connectivity index (χ0v) is 12.5. The fourth-order valence-corrected chi connectivity index (χ4v) is 2.54. The first-order valence-electron chi connectivity index (χ1n) is 7.09. The quantitative estimate of drug-likeness (QED) is 0.847. The second kappa shape index (κ2) is 6.58. The summed E-state index contributed by atoms with van der Waals surface area (Å²) < 4.78 is 5.24. The Morgan fingerprint density at radius 1 is 1.29 bits per heavy atom. The molecule has 3 rings (SSSR count). The molecule has 2 N–H and O–H groups in total. The number of nitrogens with zero attached hydrogens (tertiary/aromatic N) is 2. The van der Waals surface area contributed by atoms with E-state index in [1.54, 1.807) is 6.26 Å². The first-order chi connectivity index (χ1) is 10.3. The lowest BCUT2D eigenvalue weighted by molar-refractivity contribution is 0.503. The zero-order chi connectivity index (χ0) is 14.5. The minimum Gasteiger partial charge on any atom is -0.467 e. The van der Waals surface area contributed by atoms with E-state index in [0.717, 1.165) is 30.4 Å². The van der Waals surface area contributed by atoms with Crippen molar-refractivity contribution in [3.8, 4) is 0 Å². The summed E-state index contributed by atoms with van der Waals surface area (Å²) in [4.78, 5) is 6.78. The van der Waals surface area contributed by atoms with Crippen LogP contribution >= 0.6 is 12.2 Å². The van der Waals surface area contributed by atoms with Gasteiger partial charge in [-0.15, -0.1) is 0 Å². The number of pyridine rings is 1. The van der Waals surface area contributed by atoms with Crippen LogP contribution < -0.4 is 15.5 Å². The van der Waals surface area contributed by atoms with Gasteiger partial charge in [-0.1, -0.05) is 0 Å². The molecule has 1 aliphatic rings. The van der Waals surface area contributed by atoms with E-state index in [9.17, 15) is 0 Å². The van der Waals surface area contributed by atoms with Crippen LogP contribution in [0.3, 0.4) is 0 Å². The molecule has 5 nitrogen and oxygen atoms in total. The molecule has 0 spiro atoms. The summed E-state index contributed by atoms with van der Waals surface area (Å²) in [5.74, 6) is 1.88. The second-order valence-electron chi connectivity index (χ2n) is 4.99. The largest absolute Gasteiger partial charge is 0.467 e. The third kappa shape index (κ3) is 3.72. The van der Waals surface area contributed by atoms with Crippen LogP contribution in [0, 0.1) is 0 Å². The smallest absolute Gasteiger partial charge is 0.171 e. The Morgan fingerprint density at radius 3 is 2.81 bits per heavy atom. The molecule has 1 aliphatic heterocycles. The number of furan rings is 1. The monoisotopic (exact) mass is 302 g/mol. The first kappa shape index (κ1) is 13.9. The highest BCUT2D eigenvalue weighted by molar-refractivity contribution is 7.80. The van der Waals surface area contributed by atoms with Crippen molar-refractivity contribution in [3.63, 3.8) is 0 Å². The molecule has 0 unspecified atom stereocenters. The number of thiocarbonyl (C=S) groups is 1. The molecule has 0 bridgehead atoms. The van der Waals surface area contributed by atoms with E-state index in [4.69, 9.17) is 16.6 Å². The van der Waals surface area contributed by atoms with E-state index in [1.807, 2.05) is 30.5 Å². The van der Waals surface area contributed by atoms with Gasteiger partial charge in [0.1, 0.15) is 11.6 Å². The Balaban J connectivity index is 1.51. The summed E-state index contributed by atoms with van der Waals surface area (Å²) >= 11 is 5.25. The van der Waals surface area contributed by atoms with E-state index < -0.39 is 0 Å². The fourth-order valence-electron chi connectivity index (χ4n) is 2.35. The maximum absolute atomic E-state index is 5.25. The minimum atomic E-state index is 0.558. The van der Waals surface area contributed by atoms with Gasteiger partial charge in [0.05, 0.1) is 24.7 Å². The molecule has 0 aliphatic carbocycles. The van der Waals surface area contributed by atoms with E-state index in [0.29, 0.717) is 11.7 Å². The Bertz CT molecular complexity index is 576. The van der Waals surface area contributed by atoms with Crippen LogP contribution in [0.15, 0.2) is 41.1 Å². The number of hydrogen-bond acceptors (Lipinski definition) is 4. The van der Waals surface area contributed by atoms with E-state index in [1.165, 1.54) is 12.8 Å². The van der Waals surface area contributed by atoms with Gasteiger partial charge in [-0.05, 0) is 49.3 Å². The summed E-state index contributed by atoms with van der Waals surface area (Å²) in [6.07, 6.45) is 5.97. The maximum atomic E-state index is 5.25. The van der Waals surface area contributed by atoms with Crippen LogP contribution in [0.2, 0.25) is 0 Å². The van der Waals surface area contributed by atoms with Crippen molar-refractivity contribution in [1.29, 1.82) is 0 Å². The average Bonchev–Trinajstić information content (AvgIpc) is 3.19. The average molecular weight is 302 g/mol. The standard InChI is InChI=1S/C15H18N4OS/c21-15(17-11-13-4-3-9-20-13)18-12-5-6-14(16-10-12)19-7-1-2-8-19/h3-6,9-10H,1-2,7-8,11H2,(H2,17,18,21). The van der Waals surface area contributed by atoms with Gasteiger partial charge in [0.15, 0.2) is 5.11 Å². The maximum Gasteiger partial charge on any atom is 0.171 e. The highest BCUT2D eigenvalue weighted by Crippen LogP contribution is 2.18. The van der Waals surface area contributed by atoms with Gasteiger partial charge in [-0.25, -0.2) is 4.98 Å². The molecular formula is C15H18N4OS. The van der Waals surface area contributed by atoms with Crippen molar-refractivity contribution in [2.75, 3.05) is 23.3 Å². The van der Waals surface area contributed by atoms with Crippen molar-refractivity contribution in [1.82, 2.24) is 10.3 Å². The normalized spacial score (nSPS) is 14.2. The highest BCUT2D eigenvalue weighted by atomic mass is 32.1. The number of rotatable bonds is 4. The highest BCUT2D eigenvalue weighted by Gasteiger charge is 2.13. The lowest BCUT2D eigenvalue weighted by Gasteiger charge is -2.16. The van der Waals surface area contributed by atoms with Gasteiger partial charge in [0, 0.05) is 13.1 Å². The third-order valence-electron chi connectivity index (χ3n) is 3.44. The van der Waals surface area contributed by atoms with E-state index in [2.05, 4.69) is 20.5 Å². The van der Waals surface area contributed by atoms with Gasteiger partial charge in [0.2, 0.25) is 0 Å². The van der Waals surface area contributed by atoms with E-state index in [-0.39, 0.29) is 0 Å². The molecule has 0 atom stereocenters. The Hall–Kier alpha value is -2.08. The predicted molar refractivity (Wildman–Crippen MR) is 87.5 cm³/mol. The Kier molecular flexibility index (Phi) is 4.35.